The van der Waals surface area contributed by atoms with E-state index in [9.17, 15) is 14.7 Å². The van der Waals surface area contributed by atoms with Crippen LogP contribution in [0.15, 0.2) is 91.0 Å². The van der Waals surface area contributed by atoms with E-state index in [1.165, 1.54) is 11.1 Å². The van der Waals surface area contributed by atoms with Crippen molar-refractivity contribution in [3.05, 3.63) is 113 Å². The number of ketones is 1. The molecular weight excluding hydrogens is 378 g/mol. The number of aliphatic hydroxyl groups is 1. The van der Waals surface area contributed by atoms with Crippen molar-refractivity contribution in [2.24, 2.45) is 0 Å². The van der Waals surface area contributed by atoms with Crippen molar-refractivity contribution < 1.29 is 19.8 Å². The van der Waals surface area contributed by atoms with Gasteiger partial charge in [0.2, 0.25) is 0 Å². The van der Waals surface area contributed by atoms with Crippen LogP contribution in [0.5, 0.6) is 0 Å². The minimum atomic E-state index is -1.60. The molecule has 0 radical (unpaired) electrons. The second-order valence-corrected chi connectivity index (χ2v) is 7.02. The van der Waals surface area contributed by atoms with Gasteiger partial charge >= 0.3 is 5.97 Å². The number of hydrogen-bond acceptors (Lipinski definition) is 4. The molecule has 0 atom stereocenters. The summed E-state index contributed by atoms with van der Waals surface area (Å²) in [5.74, 6) is -3.12. The summed E-state index contributed by atoms with van der Waals surface area (Å²) in [5, 5.41) is 18.9. The van der Waals surface area contributed by atoms with Crippen molar-refractivity contribution in [2.75, 3.05) is 0 Å². The lowest BCUT2D eigenvalue weighted by Crippen LogP contribution is -2.22. The third-order valence-electron chi connectivity index (χ3n) is 4.61. The van der Waals surface area contributed by atoms with Crippen LogP contribution in [0.2, 0.25) is 0 Å². The molecule has 0 heterocycles. The van der Waals surface area contributed by atoms with Crippen molar-refractivity contribution in [3.8, 4) is 0 Å². The molecule has 0 aliphatic rings. The Balaban J connectivity index is 1.81. The van der Waals surface area contributed by atoms with Crippen molar-refractivity contribution in [3.63, 3.8) is 0 Å². The first-order valence-corrected chi connectivity index (χ1v) is 9.58. The Hall–Kier alpha value is -3.70. The SMILES string of the molecule is O=C(O)C(=O)/C=C(\O)c1cccc(CN(Cc2ccccc2)Cc2ccccc2)c1. The summed E-state index contributed by atoms with van der Waals surface area (Å²) in [7, 11) is 0. The second kappa shape index (κ2) is 10.2. The van der Waals surface area contributed by atoms with Gasteiger partial charge in [-0.3, -0.25) is 9.69 Å². The molecule has 0 fully saturated rings. The zero-order valence-corrected chi connectivity index (χ0v) is 16.4. The highest BCUT2D eigenvalue weighted by Gasteiger charge is 2.12. The van der Waals surface area contributed by atoms with E-state index in [2.05, 4.69) is 29.2 Å². The highest BCUT2D eigenvalue weighted by Crippen LogP contribution is 2.18. The molecular formula is C25H23NO4. The summed E-state index contributed by atoms with van der Waals surface area (Å²) >= 11 is 0. The van der Waals surface area contributed by atoms with Gasteiger partial charge in [0.25, 0.3) is 5.78 Å². The fraction of sp³-hybridized carbons (Fsp3) is 0.120. The first-order valence-electron chi connectivity index (χ1n) is 9.58. The molecule has 2 N–H and O–H groups in total. The third-order valence-corrected chi connectivity index (χ3v) is 4.61. The Bertz CT molecular complexity index is 988. The van der Waals surface area contributed by atoms with Crippen molar-refractivity contribution >= 4 is 17.5 Å². The number of aliphatic hydroxyl groups excluding tert-OH is 1. The zero-order valence-electron chi connectivity index (χ0n) is 16.4. The standard InChI is InChI=1S/C25H23NO4/c27-23(15-24(28)25(29)30)22-13-7-12-21(14-22)18-26(16-19-8-3-1-4-9-19)17-20-10-5-2-6-11-20/h1-15,27H,16-18H2,(H,29,30)/b23-15-. The van der Waals surface area contributed by atoms with E-state index < -0.39 is 11.8 Å². The highest BCUT2D eigenvalue weighted by molar-refractivity contribution is 6.38. The summed E-state index contributed by atoms with van der Waals surface area (Å²) in [6.07, 6.45) is 0.729. The maximum Gasteiger partial charge on any atom is 0.376 e. The third kappa shape index (κ3) is 6.15. The number of aliphatic carboxylic acids is 1. The van der Waals surface area contributed by atoms with E-state index in [1.54, 1.807) is 18.2 Å². The summed E-state index contributed by atoms with van der Waals surface area (Å²) in [4.78, 5) is 24.3. The lowest BCUT2D eigenvalue weighted by molar-refractivity contribution is -0.146. The van der Waals surface area contributed by atoms with Crippen LogP contribution in [0.3, 0.4) is 0 Å². The molecule has 5 heteroatoms. The van der Waals surface area contributed by atoms with Crippen LogP contribution in [-0.2, 0) is 29.2 Å². The molecule has 0 amide bonds. The number of benzene rings is 3. The van der Waals surface area contributed by atoms with Crippen LogP contribution in [0.4, 0.5) is 0 Å². The maximum atomic E-state index is 11.4. The molecule has 5 nitrogen and oxygen atoms in total. The van der Waals surface area contributed by atoms with Gasteiger partial charge in [0.05, 0.1) is 0 Å². The fourth-order valence-corrected chi connectivity index (χ4v) is 3.21. The van der Waals surface area contributed by atoms with Gasteiger partial charge in [-0.15, -0.1) is 0 Å². The molecule has 0 spiro atoms. The molecule has 3 rings (SSSR count). The number of hydrogen-bond donors (Lipinski definition) is 2. The van der Waals surface area contributed by atoms with E-state index in [1.807, 2.05) is 42.5 Å². The number of carboxylic acid groups (broad SMARTS) is 1. The number of carbonyl (C=O) groups is 2. The topological polar surface area (TPSA) is 77.8 Å². The van der Waals surface area contributed by atoms with Crippen LogP contribution in [0.1, 0.15) is 22.3 Å². The smallest absolute Gasteiger partial charge is 0.376 e. The number of carbonyl (C=O) groups excluding carboxylic acids is 1. The van der Waals surface area contributed by atoms with Crippen molar-refractivity contribution in [2.45, 2.75) is 19.6 Å². The first kappa shape index (κ1) is 21.0. The van der Waals surface area contributed by atoms with Gasteiger partial charge in [-0.25, -0.2) is 4.79 Å². The molecule has 152 valence electrons. The van der Waals surface area contributed by atoms with E-state index in [-0.39, 0.29) is 5.76 Å². The molecule has 0 aliphatic carbocycles. The zero-order chi connectivity index (χ0) is 21.3. The monoisotopic (exact) mass is 401 g/mol. The molecule has 3 aromatic carbocycles. The van der Waals surface area contributed by atoms with Gasteiger partial charge in [0.1, 0.15) is 5.76 Å². The quantitative estimate of drug-likeness (QED) is 0.315. The lowest BCUT2D eigenvalue weighted by atomic mass is 10.1. The van der Waals surface area contributed by atoms with Crippen LogP contribution >= 0.6 is 0 Å². The minimum absolute atomic E-state index is 0.359. The van der Waals surface area contributed by atoms with E-state index in [0.717, 1.165) is 24.7 Å². The van der Waals surface area contributed by atoms with Gasteiger partial charge in [-0.05, 0) is 22.8 Å². The van der Waals surface area contributed by atoms with Gasteiger partial charge in [0, 0.05) is 31.3 Å². The highest BCUT2D eigenvalue weighted by atomic mass is 16.4. The lowest BCUT2D eigenvalue weighted by Gasteiger charge is -2.23. The Kier molecular flexibility index (Phi) is 7.14. The van der Waals surface area contributed by atoms with Gasteiger partial charge in [-0.2, -0.15) is 0 Å². The maximum absolute atomic E-state index is 11.4. The van der Waals surface area contributed by atoms with Crippen LogP contribution < -0.4 is 0 Å². The molecule has 0 bridgehead atoms. The van der Waals surface area contributed by atoms with Crippen LogP contribution in [0, 0.1) is 0 Å². The fourth-order valence-electron chi connectivity index (χ4n) is 3.21. The Morgan fingerprint density at radius 3 is 1.73 bits per heavy atom. The average Bonchev–Trinajstić information content (AvgIpc) is 2.75. The molecule has 3 aromatic rings. The largest absolute Gasteiger partial charge is 0.507 e. The van der Waals surface area contributed by atoms with Gasteiger partial charge in [-0.1, -0.05) is 78.9 Å². The predicted molar refractivity (Wildman–Crippen MR) is 116 cm³/mol. The molecule has 0 unspecified atom stereocenters. The summed E-state index contributed by atoms with van der Waals surface area (Å²) in [6.45, 7) is 2.12. The van der Waals surface area contributed by atoms with E-state index >= 15 is 0 Å². The summed E-state index contributed by atoms with van der Waals surface area (Å²) < 4.78 is 0. The van der Waals surface area contributed by atoms with Crippen LogP contribution in [-0.4, -0.2) is 26.9 Å². The number of rotatable bonds is 9. The molecule has 0 aromatic heterocycles. The van der Waals surface area contributed by atoms with E-state index in [4.69, 9.17) is 5.11 Å². The second-order valence-electron chi connectivity index (χ2n) is 7.02. The Morgan fingerprint density at radius 2 is 1.20 bits per heavy atom. The van der Waals surface area contributed by atoms with Gasteiger partial charge in [0.15, 0.2) is 0 Å². The van der Waals surface area contributed by atoms with Crippen molar-refractivity contribution in [1.29, 1.82) is 0 Å². The van der Waals surface area contributed by atoms with E-state index in [0.29, 0.717) is 12.1 Å². The molecule has 30 heavy (non-hydrogen) atoms. The Morgan fingerprint density at radius 1 is 0.700 bits per heavy atom. The number of carboxylic acids is 1. The summed E-state index contributed by atoms with van der Waals surface area (Å²) in [6, 6.07) is 27.5. The average molecular weight is 401 g/mol. The number of nitrogens with zero attached hydrogens (tertiary/aromatic N) is 1. The molecule has 0 aliphatic heterocycles. The predicted octanol–water partition coefficient (Wildman–Crippen LogP) is 4.44. The van der Waals surface area contributed by atoms with Gasteiger partial charge < -0.3 is 10.2 Å². The Labute approximate surface area is 175 Å². The first-order chi connectivity index (χ1) is 14.5. The molecule has 0 saturated heterocycles. The minimum Gasteiger partial charge on any atom is -0.507 e. The molecule has 0 saturated carbocycles. The van der Waals surface area contributed by atoms with Crippen LogP contribution in [0.25, 0.3) is 5.76 Å². The normalized spacial score (nSPS) is 11.4. The van der Waals surface area contributed by atoms with Crippen molar-refractivity contribution in [1.82, 2.24) is 4.90 Å². The summed E-state index contributed by atoms with van der Waals surface area (Å²) in [5.41, 5.74) is 3.74.